The second-order valence-electron chi connectivity index (χ2n) is 21.7. The van der Waals surface area contributed by atoms with Crippen molar-refractivity contribution in [2.75, 3.05) is 13.2 Å². The third kappa shape index (κ3) is 45.6. The van der Waals surface area contributed by atoms with Gasteiger partial charge in [0.25, 0.3) is 0 Å². The Morgan fingerprint density at radius 2 is 0.867 bits per heavy atom. The molecule has 1 fully saturated rings. The van der Waals surface area contributed by atoms with E-state index in [1.807, 2.05) is 18.2 Å². The maximum absolute atomic E-state index is 13.5. The molecule has 1 saturated heterocycles. The van der Waals surface area contributed by atoms with E-state index in [0.717, 1.165) is 128 Å². The quantitative estimate of drug-likeness (QED) is 0.0195. The van der Waals surface area contributed by atoms with Crippen LogP contribution in [0, 0.1) is 0 Å². The maximum Gasteiger partial charge on any atom is 0.306 e. The fourth-order valence-electron chi connectivity index (χ4n) is 9.17. The lowest BCUT2D eigenvalue weighted by Gasteiger charge is -2.41. The van der Waals surface area contributed by atoms with Gasteiger partial charge in [0.2, 0.25) is 5.91 Å². The number of allylic oxidation sites excluding steroid dienone is 23. The molecule has 0 aromatic rings. The molecule has 1 aliphatic rings. The molecule has 0 aromatic heterocycles. The predicted octanol–water partition coefficient (Wildman–Crippen LogP) is 16.2. The van der Waals surface area contributed by atoms with Crippen LogP contribution in [-0.4, -0.2) is 99.6 Å². The van der Waals surface area contributed by atoms with Crippen molar-refractivity contribution < 1.29 is 49.3 Å². The van der Waals surface area contributed by atoms with Crippen molar-refractivity contribution in [1.29, 1.82) is 0 Å². The van der Waals surface area contributed by atoms with E-state index in [9.17, 15) is 35.1 Å². The Balaban J connectivity index is 2.72. The lowest BCUT2D eigenvalue weighted by molar-refractivity contribution is -0.305. The molecule has 0 saturated carbocycles. The molecule has 8 atom stereocenters. The molecule has 1 amide bonds. The van der Waals surface area contributed by atoms with E-state index in [4.69, 9.17) is 14.2 Å². The van der Waals surface area contributed by atoms with E-state index >= 15 is 0 Å². The van der Waals surface area contributed by atoms with Crippen molar-refractivity contribution in [2.24, 2.45) is 0 Å². The molecule has 83 heavy (non-hydrogen) atoms. The fourth-order valence-corrected chi connectivity index (χ4v) is 9.17. The van der Waals surface area contributed by atoms with E-state index in [-0.39, 0.29) is 19.4 Å². The zero-order valence-corrected chi connectivity index (χ0v) is 52.0. The van der Waals surface area contributed by atoms with Crippen LogP contribution < -0.4 is 5.32 Å². The van der Waals surface area contributed by atoms with Gasteiger partial charge in [0.1, 0.15) is 24.4 Å². The Bertz CT molecular complexity index is 1910. The predicted molar refractivity (Wildman–Crippen MR) is 347 cm³/mol. The summed E-state index contributed by atoms with van der Waals surface area (Å²) in [5, 5.41) is 57.1. The highest BCUT2D eigenvalue weighted by molar-refractivity contribution is 5.80. The SMILES string of the molecule is CC/C=C\C/C=C\C/C=C\C/C=C\C/C=C\C/C=C\CCC(=O)OC1C(OCC(NC(=O)C(O)CCCCCCCC/C=C\C/C=C\C/C=C\C/C=C\C/C=C\CC)C(O)/C=C/CCCCCCCCCCCCC)OC(CO)C(O)C1O. The highest BCUT2D eigenvalue weighted by Gasteiger charge is 2.47. The summed E-state index contributed by atoms with van der Waals surface area (Å²) in [5.41, 5.74) is 0. The molecule has 0 aromatic carbocycles. The number of amides is 1. The zero-order chi connectivity index (χ0) is 60.3. The lowest BCUT2D eigenvalue weighted by Crippen LogP contribution is -2.61. The molecule has 6 N–H and O–H groups in total. The largest absolute Gasteiger partial charge is 0.454 e. The number of rotatable bonds is 53. The number of carbonyl (C=O) groups excluding carboxylic acids is 2. The first-order valence-corrected chi connectivity index (χ1v) is 32.6. The summed E-state index contributed by atoms with van der Waals surface area (Å²) in [7, 11) is 0. The molecular formula is C72H117NO10. The summed E-state index contributed by atoms with van der Waals surface area (Å²) in [6.07, 6.45) is 73.1. The molecule has 0 bridgehead atoms. The van der Waals surface area contributed by atoms with Gasteiger partial charge < -0.3 is 45.1 Å². The second-order valence-corrected chi connectivity index (χ2v) is 21.7. The average molecular weight is 1160 g/mol. The van der Waals surface area contributed by atoms with Crippen LogP contribution >= 0.6 is 0 Å². The lowest BCUT2D eigenvalue weighted by atomic mass is 9.99. The fraction of sp³-hybridized carbons (Fsp3) is 0.639. The highest BCUT2D eigenvalue weighted by Crippen LogP contribution is 2.26. The second kappa shape index (κ2) is 57.9. The maximum atomic E-state index is 13.5. The number of aliphatic hydroxyl groups is 5. The molecule has 11 heteroatoms. The Kier molecular flexibility index (Phi) is 53.4. The summed E-state index contributed by atoms with van der Waals surface area (Å²) in [5.74, 6) is -1.31. The number of nitrogens with one attached hydrogen (secondary N) is 1. The molecule has 1 heterocycles. The Morgan fingerprint density at radius 1 is 0.482 bits per heavy atom. The van der Waals surface area contributed by atoms with Crippen molar-refractivity contribution in [3.8, 4) is 0 Å². The number of aliphatic hydroxyl groups excluding tert-OH is 5. The molecule has 470 valence electrons. The third-order valence-corrected chi connectivity index (χ3v) is 14.2. The van der Waals surface area contributed by atoms with Gasteiger partial charge >= 0.3 is 5.97 Å². The van der Waals surface area contributed by atoms with Crippen LogP contribution in [0.5, 0.6) is 0 Å². The van der Waals surface area contributed by atoms with Gasteiger partial charge in [-0.2, -0.15) is 0 Å². The minimum Gasteiger partial charge on any atom is -0.454 e. The van der Waals surface area contributed by atoms with Crippen molar-refractivity contribution in [3.05, 3.63) is 146 Å². The Labute approximate surface area is 505 Å². The first-order valence-electron chi connectivity index (χ1n) is 32.6. The minimum atomic E-state index is -1.66. The van der Waals surface area contributed by atoms with Crippen molar-refractivity contribution in [1.82, 2.24) is 5.32 Å². The van der Waals surface area contributed by atoms with Gasteiger partial charge in [-0.15, -0.1) is 0 Å². The van der Waals surface area contributed by atoms with E-state index in [1.165, 1.54) is 51.4 Å². The van der Waals surface area contributed by atoms with Crippen molar-refractivity contribution >= 4 is 11.9 Å². The van der Waals surface area contributed by atoms with Crippen LogP contribution in [0.4, 0.5) is 0 Å². The van der Waals surface area contributed by atoms with Gasteiger partial charge in [0.15, 0.2) is 12.4 Å². The Morgan fingerprint density at radius 3 is 1.30 bits per heavy atom. The monoisotopic (exact) mass is 1160 g/mol. The molecule has 11 nitrogen and oxygen atoms in total. The molecule has 0 radical (unpaired) electrons. The molecule has 0 spiro atoms. The van der Waals surface area contributed by atoms with Crippen LogP contribution in [-0.2, 0) is 23.8 Å². The first kappa shape index (κ1) is 76.6. The average Bonchev–Trinajstić information content (AvgIpc) is 3.58. The molecule has 0 aliphatic carbocycles. The highest BCUT2D eigenvalue weighted by atomic mass is 16.7. The van der Waals surface area contributed by atoms with Gasteiger partial charge in [-0.25, -0.2) is 0 Å². The summed E-state index contributed by atoms with van der Waals surface area (Å²) in [6.45, 7) is 5.51. The van der Waals surface area contributed by atoms with Gasteiger partial charge in [-0.1, -0.05) is 263 Å². The van der Waals surface area contributed by atoms with Crippen molar-refractivity contribution in [2.45, 2.75) is 282 Å². The number of hydrogen-bond donors (Lipinski definition) is 6. The van der Waals surface area contributed by atoms with Crippen LogP contribution in [0.3, 0.4) is 0 Å². The van der Waals surface area contributed by atoms with E-state index in [1.54, 1.807) is 6.08 Å². The number of unbranched alkanes of at least 4 members (excludes halogenated alkanes) is 17. The summed E-state index contributed by atoms with van der Waals surface area (Å²) in [6, 6.07) is -1.06. The van der Waals surface area contributed by atoms with Crippen LogP contribution in [0.25, 0.3) is 0 Å². The standard InChI is InChI=1S/C72H117NO10/c1-4-7-10-13-16-19-22-25-27-29-31-32-33-35-36-38-41-44-47-50-53-56-59-65(76)71(80)73-63(64(75)58-55-52-49-46-43-40-24-21-18-15-12-9-6-3)62-81-72-70(69(79)68(78)66(61-74)82-72)83-67(77)60-57-54-51-48-45-42-39-37-34-30-28-26-23-20-17-14-11-8-5-2/h7-8,10-11,16-17,19-20,25-28,31-32,34-37,42,45,51,54-55,58,63-66,68-70,72,74-76,78-79H,4-6,9,12-15,18,21-24,29-30,33,38-41,43-44,46-50,52-53,56-57,59-62H2,1-3H3,(H,73,80)/b10-7-,11-8-,19-16-,20-17-,27-25-,28-26-,32-31-,36-35-,37-34-,45-42-,54-51-,58-55+. The first-order chi connectivity index (χ1) is 40.7. The van der Waals surface area contributed by atoms with Gasteiger partial charge in [0, 0.05) is 6.42 Å². The van der Waals surface area contributed by atoms with Gasteiger partial charge in [-0.05, 0) is 109 Å². The molecule has 1 aliphatic heterocycles. The smallest absolute Gasteiger partial charge is 0.306 e. The molecule has 1 rings (SSSR count). The Hall–Kier alpha value is -4.46. The van der Waals surface area contributed by atoms with Crippen LogP contribution in [0.1, 0.15) is 233 Å². The number of carbonyl (C=O) groups is 2. The van der Waals surface area contributed by atoms with Crippen LogP contribution in [0.2, 0.25) is 0 Å². The van der Waals surface area contributed by atoms with Gasteiger partial charge in [-0.3, -0.25) is 9.59 Å². The normalized spacial score (nSPS) is 19.5. The summed E-state index contributed by atoms with van der Waals surface area (Å²) in [4.78, 5) is 26.6. The number of esters is 1. The third-order valence-electron chi connectivity index (χ3n) is 14.2. The summed E-state index contributed by atoms with van der Waals surface area (Å²) >= 11 is 0. The van der Waals surface area contributed by atoms with Crippen molar-refractivity contribution in [3.63, 3.8) is 0 Å². The molecular weight excluding hydrogens is 1040 g/mol. The molecule has 8 unspecified atom stereocenters. The minimum absolute atomic E-state index is 0.0113. The summed E-state index contributed by atoms with van der Waals surface area (Å²) < 4.78 is 17.6. The zero-order valence-electron chi connectivity index (χ0n) is 52.0. The van der Waals surface area contributed by atoms with E-state index in [2.05, 4.69) is 148 Å². The van der Waals surface area contributed by atoms with Gasteiger partial charge in [0.05, 0.1) is 25.4 Å². The number of hydrogen-bond acceptors (Lipinski definition) is 10. The van der Waals surface area contributed by atoms with Crippen LogP contribution in [0.15, 0.2) is 146 Å². The number of ether oxygens (including phenoxy) is 3. The van der Waals surface area contributed by atoms with E-state index < -0.39 is 67.4 Å². The van der Waals surface area contributed by atoms with E-state index in [0.29, 0.717) is 19.3 Å². The topological polar surface area (TPSA) is 175 Å².